The Hall–Kier alpha value is -3.92. The zero-order valence-electron chi connectivity index (χ0n) is 19.8. The third-order valence-corrected chi connectivity index (χ3v) is 5.75. The van der Waals surface area contributed by atoms with Gasteiger partial charge >= 0.3 is 5.97 Å². The Labute approximate surface area is 202 Å². The van der Waals surface area contributed by atoms with Gasteiger partial charge in [0.15, 0.2) is 5.65 Å². The van der Waals surface area contributed by atoms with Gasteiger partial charge in [-0.15, -0.1) is 5.06 Å². The second-order valence-corrected chi connectivity index (χ2v) is 9.53. The minimum absolute atomic E-state index is 0.0287. The number of hydrogen-bond donors (Lipinski definition) is 1. The lowest BCUT2D eigenvalue weighted by Gasteiger charge is -2.22. The summed E-state index contributed by atoms with van der Waals surface area (Å²) >= 11 is 0. The standard InChI is InChI=1S/C25H26FN7O2/c1-25(2,3)23(34)35-32-12-9-18(15-32)29-24-28-10-8-19(30-24)22-21(16-4-6-17(26)7-5-16)31-20-14-27-11-13-33(20)22/h4-8,10-11,13-14,18H,9,12,15H2,1-3H3,(H,28,29,30). The molecule has 0 amide bonds. The lowest BCUT2D eigenvalue weighted by molar-refractivity contribution is -0.195. The quantitative estimate of drug-likeness (QED) is 0.463. The summed E-state index contributed by atoms with van der Waals surface area (Å²) in [5.74, 6) is -0.106. The Kier molecular flexibility index (Phi) is 5.89. The highest BCUT2D eigenvalue weighted by molar-refractivity contribution is 5.80. The lowest BCUT2D eigenvalue weighted by Crippen LogP contribution is -2.33. The van der Waals surface area contributed by atoms with Gasteiger partial charge in [-0.05, 0) is 57.5 Å². The van der Waals surface area contributed by atoms with Gasteiger partial charge in [0.05, 0.1) is 35.2 Å². The number of fused-ring (bicyclic) bond motifs is 1. The molecule has 0 spiro atoms. The van der Waals surface area contributed by atoms with E-state index in [1.165, 1.54) is 12.1 Å². The molecule has 0 bridgehead atoms. The highest BCUT2D eigenvalue weighted by Crippen LogP contribution is 2.32. The minimum atomic E-state index is -0.561. The molecule has 1 saturated heterocycles. The van der Waals surface area contributed by atoms with Crippen molar-refractivity contribution in [3.8, 4) is 22.6 Å². The van der Waals surface area contributed by atoms with Crippen LogP contribution in [-0.4, -0.2) is 54.5 Å². The second-order valence-electron chi connectivity index (χ2n) is 9.53. The monoisotopic (exact) mass is 475 g/mol. The summed E-state index contributed by atoms with van der Waals surface area (Å²) in [5, 5.41) is 5.03. The molecule has 0 radical (unpaired) electrons. The first-order chi connectivity index (χ1) is 16.8. The smallest absolute Gasteiger partial charge is 0.330 e. The molecule has 10 heteroatoms. The summed E-state index contributed by atoms with van der Waals surface area (Å²) in [6, 6.07) is 8.05. The van der Waals surface area contributed by atoms with Gasteiger partial charge < -0.3 is 10.2 Å². The molecule has 4 aromatic rings. The molecule has 0 aliphatic carbocycles. The number of benzene rings is 1. The molecule has 35 heavy (non-hydrogen) atoms. The maximum absolute atomic E-state index is 13.5. The molecule has 5 rings (SSSR count). The molecule has 1 N–H and O–H groups in total. The zero-order chi connectivity index (χ0) is 24.6. The van der Waals surface area contributed by atoms with Crippen LogP contribution in [0.4, 0.5) is 10.3 Å². The highest BCUT2D eigenvalue weighted by Gasteiger charge is 2.31. The van der Waals surface area contributed by atoms with Gasteiger partial charge in [0, 0.05) is 36.7 Å². The summed E-state index contributed by atoms with van der Waals surface area (Å²) in [5.41, 5.74) is 2.95. The van der Waals surface area contributed by atoms with Gasteiger partial charge in [-0.25, -0.2) is 24.1 Å². The van der Waals surface area contributed by atoms with Gasteiger partial charge in [0.1, 0.15) is 5.82 Å². The van der Waals surface area contributed by atoms with Crippen molar-refractivity contribution in [2.24, 2.45) is 5.41 Å². The molecule has 1 unspecified atom stereocenters. The molecular weight excluding hydrogens is 449 g/mol. The molecule has 1 aromatic carbocycles. The SMILES string of the molecule is CC(C)(C)C(=O)ON1CCC(Nc2nccc(-c3c(-c4ccc(F)cc4)nc4cnccn34)n2)C1. The van der Waals surface area contributed by atoms with Crippen LogP contribution < -0.4 is 5.32 Å². The second kappa shape index (κ2) is 9.03. The maximum Gasteiger partial charge on any atom is 0.330 e. The molecule has 0 saturated carbocycles. The van der Waals surface area contributed by atoms with Gasteiger partial charge in [0.25, 0.3) is 0 Å². The number of carbonyl (C=O) groups is 1. The third-order valence-electron chi connectivity index (χ3n) is 5.75. The largest absolute Gasteiger partial charge is 0.367 e. The van der Waals surface area contributed by atoms with Crippen LogP contribution in [-0.2, 0) is 9.63 Å². The first kappa shape index (κ1) is 22.9. The van der Waals surface area contributed by atoms with Gasteiger partial charge in [-0.3, -0.25) is 9.38 Å². The Morgan fingerprint density at radius 3 is 2.71 bits per heavy atom. The van der Waals surface area contributed by atoms with Crippen LogP contribution >= 0.6 is 0 Å². The molecule has 180 valence electrons. The number of hydrogen-bond acceptors (Lipinski definition) is 8. The Morgan fingerprint density at radius 1 is 1.14 bits per heavy atom. The van der Waals surface area contributed by atoms with Crippen molar-refractivity contribution in [2.75, 3.05) is 18.4 Å². The van der Waals surface area contributed by atoms with Crippen molar-refractivity contribution in [3.05, 3.63) is 60.9 Å². The van der Waals surface area contributed by atoms with Crippen LogP contribution in [0, 0.1) is 11.2 Å². The summed E-state index contributed by atoms with van der Waals surface area (Å²) in [7, 11) is 0. The highest BCUT2D eigenvalue weighted by atomic mass is 19.1. The number of anilines is 1. The summed E-state index contributed by atoms with van der Waals surface area (Å²) in [6.07, 6.45) is 7.64. The molecule has 1 atom stereocenters. The van der Waals surface area contributed by atoms with Crippen molar-refractivity contribution >= 4 is 17.6 Å². The average Bonchev–Trinajstić information content (AvgIpc) is 3.43. The number of imidazole rings is 1. The van der Waals surface area contributed by atoms with Crippen LogP contribution in [0.5, 0.6) is 0 Å². The van der Waals surface area contributed by atoms with E-state index in [1.807, 2.05) is 37.4 Å². The first-order valence-electron chi connectivity index (χ1n) is 11.4. The van der Waals surface area contributed by atoms with E-state index in [0.29, 0.717) is 36.1 Å². The summed E-state index contributed by atoms with van der Waals surface area (Å²) < 4.78 is 15.4. The Morgan fingerprint density at radius 2 is 1.94 bits per heavy atom. The van der Waals surface area contributed by atoms with Crippen molar-refractivity contribution < 1.29 is 14.0 Å². The number of nitrogens with zero attached hydrogens (tertiary/aromatic N) is 6. The number of halogens is 1. The van der Waals surface area contributed by atoms with Crippen molar-refractivity contribution in [2.45, 2.75) is 33.2 Å². The van der Waals surface area contributed by atoms with E-state index in [2.05, 4.69) is 15.3 Å². The lowest BCUT2D eigenvalue weighted by atomic mass is 9.98. The summed E-state index contributed by atoms with van der Waals surface area (Å²) in [6.45, 7) is 6.66. The Balaban J connectivity index is 1.41. The third kappa shape index (κ3) is 4.83. The fourth-order valence-corrected chi connectivity index (χ4v) is 3.89. The molecule has 9 nitrogen and oxygen atoms in total. The first-order valence-corrected chi connectivity index (χ1v) is 11.4. The fourth-order valence-electron chi connectivity index (χ4n) is 3.89. The van der Waals surface area contributed by atoms with Crippen LogP contribution in [0.25, 0.3) is 28.3 Å². The van der Waals surface area contributed by atoms with E-state index < -0.39 is 5.41 Å². The van der Waals surface area contributed by atoms with E-state index in [4.69, 9.17) is 14.8 Å². The van der Waals surface area contributed by atoms with E-state index in [-0.39, 0.29) is 17.8 Å². The van der Waals surface area contributed by atoms with Crippen molar-refractivity contribution in [3.63, 3.8) is 0 Å². The van der Waals surface area contributed by atoms with Gasteiger partial charge in [-0.2, -0.15) is 0 Å². The van der Waals surface area contributed by atoms with E-state index in [9.17, 15) is 9.18 Å². The molecule has 3 aromatic heterocycles. The molecule has 1 aliphatic heterocycles. The fraction of sp³-hybridized carbons (Fsp3) is 0.320. The number of rotatable bonds is 5. The van der Waals surface area contributed by atoms with Gasteiger partial charge in [0.2, 0.25) is 5.95 Å². The van der Waals surface area contributed by atoms with E-state index >= 15 is 0 Å². The van der Waals surface area contributed by atoms with E-state index in [0.717, 1.165) is 17.7 Å². The number of aromatic nitrogens is 5. The summed E-state index contributed by atoms with van der Waals surface area (Å²) in [4.78, 5) is 35.7. The minimum Gasteiger partial charge on any atom is -0.367 e. The number of carbonyl (C=O) groups excluding carboxylic acids is 1. The molecule has 4 heterocycles. The van der Waals surface area contributed by atoms with Gasteiger partial charge in [-0.1, -0.05) is 0 Å². The maximum atomic E-state index is 13.5. The average molecular weight is 476 g/mol. The zero-order valence-corrected chi connectivity index (χ0v) is 19.8. The van der Waals surface area contributed by atoms with Crippen molar-refractivity contribution in [1.82, 2.24) is 29.4 Å². The van der Waals surface area contributed by atoms with Crippen LogP contribution in [0.1, 0.15) is 27.2 Å². The van der Waals surface area contributed by atoms with E-state index in [1.54, 1.807) is 35.8 Å². The van der Waals surface area contributed by atoms with Crippen LogP contribution in [0.2, 0.25) is 0 Å². The molecule has 1 fully saturated rings. The van der Waals surface area contributed by atoms with Crippen LogP contribution in [0.15, 0.2) is 55.1 Å². The Bertz CT molecular complexity index is 1360. The predicted molar refractivity (Wildman–Crippen MR) is 129 cm³/mol. The number of nitrogens with one attached hydrogen (secondary N) is 1. The molecule has 1 aliphatic rings. The number of hydroxylamine groups is 2. The van der Waals surface area contributed by atoms with Crippen LogP contribution in [0.3, 0.4) is 0 Å². The topological polar surface area (TPSA) is 97.5 Å². The van der Waals surface area contributed by atoms with Crippen molar-refractivity contribution in [1.29, 1.82) is 0 Å². The molecular formula is C25H26FN7O2. The predicted octanol–water partition coefficient (Wildman–Crippen LogP) is 3.98. The normalized spacial score (nSPS) is 16.5.